The summed E-state index contributed by atoms with van der Waals surface area (Å²) in [5, 5.41) is 10.2. The lowest BCUT2D eigenvalue weighted by Crippen LogP contribution is -2.55. The molecule has 8 heteroatoms. The van der Waals surface area contributed by atoms with Gasteiger partial charge in [-0.15, -0.1) is 0 Å². The van der Waals surface area contributed by atoms with Gasteiger partial charge in [-0.1, -0.05) is 11.9 Å². The van der Waals surface area contributed by atoms with Gasteiger partial charge in [0.1, 0.15) is 5.82 Å². The van der Waals surface area contributed by atoms with Crippen LogP contribution in [0, 0.1) is 22.6 Å². The van der Waals surface area contributed by atoms with Gasteiger partial charge in [-0.3, -0.25) is 9.78 Å². The third-order valence-corrected chi connectivity index (χ3v) is 7.96. The van der Waals surface area contributed by atoms with Crippen LogP contribution in [-0.2, 0) is 0 Å². The number of hydrogen-bond acceptors (Lipinski definition) is 6. The number of halogens is 1. The van der Waals surface area contributed by atoms with Crippen molar-refractivity contribution in [3.8, 4) is 6.07 Å². The minimum Gasteiger partial charge on any atom is -0.370 e. The molecule has 1 amide bonds. The summed E-state index contributed by atoms with van der Waals surface area (Å²) in [6.45, 7) is 8.81. The van der Waals surface area contributed by atoms with E-state index in [1.54, 1.807) is 24.2 Å². The van der Waals surface area contributed by atoms with Crippen molar-refractivity contribution in [1.82, 2.24) is 14.2 Å². The maximum absolute atomic E-state index is 14.2. The molecule has 0 radical (unpaired) electrons. The Morgan fingerprint density at radius 1 is 1.25 bits per heavy atom. The highest BCUT2D eigenvalue weighted by Crippen LogP contribution is 2.37. The number of anilines is 1. The number of piperazine rings is 1. The van der Waals surface area contributed by atoms with Crippen LogP contribution in [0.4, 0.5) is 10.1 Å². The second-order valence-corrected chi connectivity index (χ2v) is 10.1. The number of pyridine rings is 1. The lowest BCUT2D eigenvalue weighted by Gasteiger charge is -2.43. The number of piperidine rings is 1. The van der Waals surface area contributed by atoms with Gasteiger partial charge < -0.3 is 9.80 Å². The first-order valence-electron chi connectivity index (χ1n) is 11.1. The Hall–Kier alpha value is -2.37. The average Bonchev–Trinajstić information content (AvgIpc) is 2.78. The van der Waals surface area contributed by atoms with Gasteiger partial charge in [0.05, 0.1) is 28.3 Å². The summed E-state index contributed by atoms with van der Waals surface area (Å²) in [6, 6.07) is 7.43. The van der Waals surface area contributed by atoms with Gasteiger partial charge in [0.2, 0.25) is 0 Å². The molecule has 1 unspecified atom stereocenters. The lowest BCUT2D eigenvalue weighted by molar-refractivity contribution is 0.0574. The van der Waals surface area contributed by atoms with Crippen LogP contribution in [0.25, 0.3) is 10.9 Å². The van der Waals surface area contributed by atoms with Crippen LogP contribution in [0.15, 0.2) is 24.4 Å². The largest absolute Gasteiger partial charge is 0.370 e. The highest BCUT2D eigenvalue weighted by Gasteiger charge is 2.36. The summed E-state index contributed by atoms with van der Waals surface area (Å²) >= 11 is 1.71. The SMILES string of the molecule is CSN1C(C)CN(C(=O)c2cnc3ccc(F)cc3c2N2CCC(C)(C#N)CC2)C[C@@H]1C. The van der Waals surface area contributed by atoms with Crippen LogP contribution < -0.4 is 4.90 Å². The van der Waals surface area contributed by atoms with E-state index in [4.69, 9.17) is 0 Å². The van der Waals surface area contributed by atoms with Gasteiger partial charge in [0, 0.05) is 49.8 Å². The van der Waals surface area contributed by atoms with E-state index in [0.717, 1.165) is 5.69 Å². The van der Waals surface area contributed by atoms with Crippen LogP contribution in [0.5, 0.6) is 0 Å². The van der Waals surface area contributed by atoms with Crippen molar-refractivity contribution in [2.45, 2.75) is 45.7 Å². The molecule has 0 bridgehead atoms. The van der Waals surface area contributed by atoms with Crippen molar-refractivity contribution in [3.05, 3.63) is 35.8 Å². The summed E-state index contributed by atoms with van der Waals surface area (Å²) in [7, 11) is 0. The molecule has 4 rings (SSSR count). The topological polar surface area (TPSA) is 63.5 Å². The molecule has 2 aliphatic heterocycles. The maximum atomic E-state index is 14.2. The fourth-order valence-electron chi connectivity index (χ4n) is 4.99. The van der Waals surface area contributed by atoms with Crippen LogP contribution in [0.3, 0.4) is 0 Å². The molecule has 0 aliphatic carbocycles. The number of nitriles is 1. The molecular formula is C24H30FN5OS. The van der Waals surface area contributed by atoms with E-state index in [2.05, 4.69) is 40.4 Å². The summed E-state index contributed by atoms with van der Waals surface area (Å²) in [5.74, 6) is -0.411. The molecule has 2 atom stereocenters. The van der Waals surface area contributed by atoms with E-state index in [0.29, 0.717) is 55.5 Å². The maximum Gasteiger partial charge on any atom is 0.257 e. The smallest absolute Gasteiger partial charge is 0.257 e. The number of fused-ring (bicyclic) bond motifs is 1. The molecule has 2 fully saturated rings. The van der Waals surface area contributed by atoms with Gasteiger partial charge in [0.15, 0.2) is 0 Å². The predicted octanol–water partition coefficient (Wildman–Crippen LogP) is 4.32. The van der Waals surface area contributed by atoms with Gasteiger partial charge in [-0.05, 0) is 58.1 Å². The molecule has 32 heavy (non-hydrogen) atoms. The third-order valence-electron chi connectivity index (χ3n) is 6.82. The van der Waals surface area contributed by atoms with Crippen molar-refractivity contribution in [2.24, 2.45) is 5.41 Å². The molecule has 6 nitrogen and oxygen atoms in total. The third kappa shape index (κ3) is 4.16. The Bertz CT molecular complexity index is 1050. The number of hydrogen-bond donors (Lipinski definition) is 0. The van der Waals surface area contributed by atoms with Crippen molar-refractivity contribution in [1.29, 1.82) is 5.26 Å². The van der Waals surface area contributed by atoms with Crippen LogP contribution in [-0.4, -0.2) is 64.6 Å². The van der Waals surface area contributed by atoms with E-state index >= 15 is 0 Å². The fraction of sp³-hybridized carbons (Fsp3) is 0.542. The zero-order valence-electron chi connectivity index (χ0n) is 19.1. The van der Waals surface area contributed by atoms with Gasteiger partial charge in [-0.2, -0.15) is 5.26 Å². The molecule has 3 heterocycles. The molecule has 170 valence electrons. The molecule has 1 aromatic carbocycles. The van der Waals surface area contributed by atoms with Crippen molar-refractivity contribution < 1.29 is 9.18 Å². The van der Waals surface area contributed by atoms with Crippen LogP contribution in [0.2, 0.25) is 0 Å². The highest BCUT2D eigenvalue weighted by molar-refractivity contribution is 7.96. The summed E-state index contributed by atoms with van der Waals surface area (Å²) in [6.07, 6.45) is 5.12. The zero-order chi connectivity index (χ0) is 23.0. The highest BCUT2D eigenvalue weighted by atomic mass is 32.2. The quantitative estimate of drug-likeness (QED) is 0.643. The Labute approximate surface area is 193 Å². The van der Waals surface area contributed by atoms with E-state index in [9.17, 15) is 14.4 Å². The van der Waals surface area contributed by atoms with E-state index < -0.39 is 0 Å². The minimum absolute atomic E-state index is 0.0632. The Balaban J connectivity index is 1.74. The Morgan fingerprint density at radius 2 is 1.91 bits per heavy atom. The van der Waals surface area contributed by atoms with Crippen molar-refractivity contribution in [3.63, 3.8) is 0 Å². The molecule has 0 N–H and O–H groups in total. The second kappa shape index (κ2) is 8.87. The van der Waals surface area contributed by atoms with Gasteiger partial charge >= 0.3 is 0 Å². The standard InChI is InChI=1S/C24H30FN5OS/c1-16-13-29(14-17(2)30(16)32-4)23(31)20-12-27-21-6-5-18(25)11-19(21)22(20)28-9-7-24(3,15-26)8-10-28/h5-6,11-12,16-17H,7-10,13-14H2,1-4H3/t16-,17?/m0/s1. The number of aromatic nitrogens is 1. The number of rotatable bonds is 3. The van der Waals surface area contributed by atoms with E-state index in [1.807, 2.05) is 11.8 Å². The van der Waals surface area contributed by atoms with Crippen LogP contribution >= 0.6 is 11.9 Å². The van der Waals surface area contributed by atoms with Crippen LogP contribution in [0.1, 0.15) is 44.0 Å². The molecule has 2 saturated heterocycles. The van der Waals surface area contributed by atoms with Gasteiger partial charge in [-0.25, -0.2) is 8.70 Å². The number of amides is 1. The van der Waals surface area contributed by atoms with Gasteiger partial charge in [0.25, 0.3) is 5.91 Å². The minimum atomic E-state index is -0.367. The number of carbonyl (C=O) groups excluding carboxylic acids is 1. The van der Waals surface area contributed by atoms with Crippen molar-refractivity contribution in [2.75, 3.05) is 37.3 Å². The molecule has 2 aliphatic rings. The zero-order valence-corrected chi connectivity index (χ0v) is 20.0. The molecule has 0 spiro atoms. The Kier molecular flexibility index (Phi) is 6.33. The first-order chi connectivity index (χ1) is 15.3. The molecule has 1 aromatic heterocycles. The van der Waals surface area contributed by atoms with E-state index in [-0.39, 0.29) is 29.2 Å². The summed E-state index contributed by atoms with van der Waals surface area (Å²) < 4.78 is 16.6. The first-order valence-corrected chi connectivity index (χ1v) is 12.3. The fourth-order valence-corrected chi connectivity index (χ4v) is 5.84. The average molecular weight is 456 g/mol. The molecular weight excluding hydrogens is 425 g/mol. The molecule has 2 aromatic rings. The monoisotopic (exact) mass is 455 g/mol. The normalized spacial score (nSPS) is 23.9. The predicted molar refractivity (Wildman–Crippen MR) is 127 cm³/mol. The number of carbonyl (C=O) groups is 1. The summed E-state index contributed by atoms with van der Waals surface area (Å²) in [5.41, 5.74) is 1.56. The number of nitrogens with zero attached hydrogens (tertiary/aromatic N) is 5. The number of benzene rings is 1. The Morgan fingerprint density at radius 3 is 2.50 bits per heavy atom. The second-order valence-electron chi connectivity index (χ2n) is 9.29. The first kappa shape index (κ1) is 22.8. The van der Waals surface area contributed by atoms with Crippen molar-refractivity contribution >= 4 is 34.4 Å². The summed E-state index contributed by atoms with van der Waals surface area (Å²) in [4.78, 5) is 22.3. The molecule has 0 saturated carbocycles. The lowest BCUT2D eigenvalue weighted by atomic mass is 9.81. The van der Waals surface area contributed by atoms with E-state index in [1.165, 1.54) is 12.1 Å².